The van der Waals surface area contributed by atoms with Crippen molar-refractivity contribution < 1.29 is 18.6 Å². The van der Waals surface area contributed by atoms with Gasteiger partial charge in [0.2, 0.25) is 5.90 Å². The highest BCUT2D eigenvalue weighted by atomic mass is 19.1. The van der Waals surface area contributed by atoms with Gasteiger partial charge in [-0.2, -0.15) is 0 Å². The summed E-state index contributed by atoms with van der Waals surface area (Å²) in [5.41, 5.74) is 7.29. The van der Waals surface area contributed by atoms with Crippen LogP contribution in [0, 0.1) is 11.2 Å². The summed E-state index contributed by atoms with van der Waals surface area (Å²) in [6.07, 6.45) is 1.35. The van der Waals surface area contributed by atoms with Gasteiger partial charge < -0.3 is 19.9 Å². The molecular weight excluding hydrogens is 311 g/mol. The second-order valence-electron chi connectivity index (χ2n) is 4.91. The monoisotopic (exact) mass is 330 g/mol. The van der Waals surface area contributed by atoms with Crippen LogP contribution in [-0.4, -0.2) is 20.1 Å². The quantitative estimate of drug-likeness (QED) is 0.629. The Balaban J connectivity index is 2.10. The summed E-state index contributed by atoms with van der Waals surface area (Å²) in [6.45, 7) is -0.0466. The molecule has 126 valence electrons. The predicted molar refractivity (Wildman–Crippen MR) is 90.6 cm³/mol. The topological polar surface area (TPSA) is 77.6 Å². The number of rotatable bonds is 6. The number of nitrogens with two attached hydrogens (primary N) is 1. The number of hydrogen-bond acceptors (Lipinski definition) is 5. The molecule has 0 unspecified atom stereocenters. The Morgan fingerprint density at radius 2 is 1.92 bits per heavy atom. The lowest BCUT2D eigenvalue weighted by molar-refractivity contribution is 0.286. The molecule has 0 atom stereocenters. The van der Waals surface area contributed by atoms with E-state index in [9.17, 15) is 4.39 Å². The molecule has 0 saturated carbocycles. The zero-order valence-electron chi connectivity index (χ0n) is 13.5. The summed E-state index contributed by atoms with van der Waals surface area (Å²) in [4.78, 5) is 0. The number of hydrogen-bond donors (Lipinski definition) is 2. The molecule has 0 aliphatic heterocycles. The molecule has 0 amide bonds. The highest BCUT2D eigenvalue weighted by Crippen LogP contribution is 2.28. The van der Waals surface area contributed by atoms with Gasteiger partial charge >= 0.3 is 0 Å². The van der Waals surface area contributed by atoms with E-state index in [0.29, 0.717) is 28.3 Å². The van der Waals surface area contributed by atoms with Crippen molar-refractivity contribution in [3.05, 3.63) is 65.5 Å². The van der Waals surface area contributed by atoms with Gasteiger partial charge in [-0.3, -0.25) is 5.41 Å². The van der Waals surface area contributed by atoms with Crippen LogP contribution in [0.25, 0.3) is 5.70 Å². The molecule has 0 saturated heterocycles. The molecule has 0 heterocycles. The minimum absolute atomic E-state index is 0.0466. The largest absolute Gasteiger partial charge is 0.497 e. The average Bonchev–Trinajstić information content (AvgIpc) is 2.60. The van der Waals surface area contributed by atoms with E-state index >= 15 is 0 Å². The molecule has 0 aromatic heterocycles. The van der Waals surface area contributed by atoms with Crippen molar-refractivity contribution in [3.8, 4) is 11.5 Å². The fourth-order valence-electron chi connectivity index (χ4n) is 2.07. The van der Waals surface area contributed by atoms with E-state index in [1.54, 1.807) is 43.5 Å². The average molecular weight is 330 g/mol. The second kappa shape index (κ2) is 8.01. The lowest BCUT2D eigenvalue weighted by atomic mass is 10.1. The molecule has 0 aliphatic rings. The van der Waals surface area contributed by atoms with Gasteiger partial charge in [-0.15, -0.1) is 0 Å². The summed E-state index contributed by atoms with van der Waals surface area (Å²) >= 11 is 0. The first-order chi connectivity index (χ1) is 11.5. The lowest BCUT2D eigenvalue weighted by Gasteiger charge is -2.11. The molecular formula is C18H19FN2O3. The molecule has 0 spiro atoms. The summed E-state index contributed by atoms with van der Waals surface area (Å²) < 4.78 is 29.2. The van der Waals surface area contributed by atoms with E-state index in [4.69, 9.17) is 25.4 Å². The number of halogens is 1. The van der Waals surface area contributed by atoms with Gasteiger partial charge in [-0.1, -0.05) is 18.2 Å². The van der Waals surface area contributed by atoms with Crippen LogP contribution in [0.1, 0.15) is 11.1 Å². The van der Waals surface area contributed by atoms with Crippen LogP contribution in [0.4, 0.5) is 4.39 Å². The first-order valence-corrected chi connectivity index (χ1v) is 7.19. The van der Waals surface area contributed by atoms with Crippen molar-refractivity contribution in [2.75, 3.05) is 14.2 Å². The van der Waals surface area contributed by atoms with Gasteiger partial charge in [0.05, 0.1) is 14.2 Å². The van der Waals surface area contributed by atoms with Crippen LogP contribution in [0.15, 0.2) is 48.5 Å². The highest BCUT2D eigenvalue weighted by molar-refractivity contribution is 5.93. The van der Waals surface area contributed by atoms with Crippen LogP contribution >= 0.6 is 0 Å². The molecule has 0 aliphatic carbocycles. The van der Waals surface area contributed by atoms with Crippen molar-refractivity contribution in [3.63, 3.8) is 0 Å². The van der Waals surface area contributed by atoms with Crippen LogP contribution < -0.4 is 15.2 Å². The molecule has 0 radical (unpaired) electrons. The normalized spacial score (nSPS) is 11.0. The molecule has 2 rings (SSSR count). The van der Waals surface area contributed by atoms with Crippen LogP contribution in [0.3, 0.4) is 0 Å². The van der Waals surface area contributed by atoms with E-state index in [2.05, 4.69) is 0 Å². The summed E-state index contributed by atoms with van der Waals surface area (Å²) in [5, 5.41) is 7.83. The number of ether oxygens (including phenoxy) is 3. The lowest BCUT2D eigenvalue weighted by Crippen LogP contribution is -2.06. The number of nitrogens with one attached hydrogen (secondary N) is 1. The van der Waals surface area contributed by atoms with Crippen LogP contribution in [0.2, 0.25) is 0 Å². The second-order valence-corrected chi connectivity index (χ2v) is 4.91. The Labute approximate surface area is 140 Å². The van der Waals surface area contributed by atoms with Crippen molar-refractivity contribution in [2.24, 2.45) is 5.73 Å². The number of benzene rings is 2. The van der Waals surface area contributed by atoms with Crippen LogP contribution in [-0.2, 0) is 11.3 Å². The Morgan fingerprint density at radius 1 is 1.17 bits per heavy atom. The Bertz CT molecular complexity index is 760. The fourth-order valence-corrected chi connectivity index (χ4v) is 2.07. The fraction of sp³-hybridized carbons (Fsp3) is 0.167. The van der Waals surface area contributed by atoms with Crippen LogP contribution in [0.5, 0.6) is 11.5 Å². The third kappa shape index (κ3) is 4.25. The van der Waals surface area contributed by atoms with Gasteiger partial charge in [-0.25, -0.2) is 4.39 Å². The Morgan fingerprint density at radius 3 is 2.58 bits per heavy atom. The van der Waals surface area contributed by atoms with E-state index in [0.717, 1.165) is 0 Å². The van der Waals surface area contributed by atoms with Gasteiger partial charge in [0.15, 0.2) is 0 Å². The molecule has 2 aromatic rings. The van der Waals surface area contributed by atoms with Gasteiger partial charge in [0.25, 0.3) is 0 Å². The first kappa shape index (κ1) is 17.3. The summed E-state index contributed by atoms with van der Waals surface area (Å²) in [7, 11) is 3.07. The molecule has 3 N–H and O–H groups in total. The zero-order chi connectivity index (χ0) is 17.5. The highest BCUT2D eigenvalue weighted by Gasteiger charge is 2.09. The third-order valence-electron chi connectivity index (χ3n) is 3.35. The van der Waals surface area contributed by atoms with Gasteiger partial charge in [-0.05, 0) is 18.2 Å². The SMILES string of the molecule is COc1ccc(/C(N)=C/C(=N)OCc2ccccc2F)c(OC)c1. The molecule has 6 heteroatoms. The van der Waals surface area contributed by atoms with E-state index < -0.39 is 0 Å². The van der Waals surface area contributed by atoms with Crippen molar-refractivity contribution in [1.29, 1.82) is 5.41 Å². The van der Waals surface area contributed by atoms with E-state index in [1.807, 2.05) is 0 Å². The third-order valence-corrected chi connectivity index (χ3v) is 3.35. The summed E-state index contributed by atoms with van der Waals surface area (Å²) in [5.74, 6) is 0.604. The van der Waals surface area contributed by atoms with Crippen molar-refractivity contribution >= 4 is 11.6 Å². The first-order valence-electron chi connectivity index (χ1n) is 7.19. The van der Waals surface area contributed by atoms with Gasteiger partial charge in [0, 0.05) is 29.0 Å². The predicted octanol–water partition coefficient (Wildman–Crippen LogP) is 3.34. The number of methoxy groups -OCH3 is 2. The van der Waals surface area contributed by atoms with Crippen molar-refractivity contribution in [1.82, 2.24) is 0 Å². The molecule has 24 heavy (non-hydrogen) atoms. The maximum absolute atomic E-state index is 13.5. The maximum atomic E-state index is 13.5. The molecule has 0 bridgehead atoms. The Hall–Kier alpha value is -3.02. The smallest absolute Gasteiger partial charge is 0.208 e. The van der Waals surface area contributed by atoms with Crippen molar-refractivity contribution in [2.45, 2.75) is 6.61 Å². The minimum Gasteiger partial charge on any atom is -0.497 e. The summed E-state index contributed by atoms with van der Waals surface area (Å²) in [6, 6.07) is 11.4. The Kier molecular flexibility index (Phi) is 5.78. The molecule has 5 nitrogen and oxygen atoms in total. The van der Waals surface area contributed by atoms with E-state index in [1.165, 1.54) is 19.3 Å². The molecule has 2 aromatic carbocycles. The standard InChI is InChI=1S/C18H19FN2O3/c1-22-13-7-8-14(17(9-13)23-2)16(20)10-18(21)24-11-12-5-3-4-6-15(12)19/h3-10,21H,11,20H2,1-2H3/b16-10-,21-18?. The minimum atomic E-state index is -0.376. The maximum Gasteiger partial charge on any atom is 0.208 e. The van der Waals surface area contributed by atoms with Gasteiger partial charge in [0.1, 0.15) is 23.9 Å². The zero-order valence-corrected chi connectivity index (χ0v) is 13.5. The van der Waals surface area contributed by atoms with E-state index in [-0.39, 0.29) is 18.3 Å². The molecule has 0 fully saturated rings.